The summed E-state index contributed by atoms with van der Waals surface area (Å²) in [5.41, 5.74) is 1.92. The van der Waals surface area contributed by atoms with Crippen LogP contribution in [0.15, 0.2) is 17.6 Å². The van der Waals surface area contributed by atoms with Crippen molar-refractivity contribution in [3.8, 4) is 0 Å². The predicted octanol–water partition coefficient (Wildman–Crippen LogP) is 1.91. The minimum atomic E-state index is -3.69. The Morgan fingerprint density at radius 1 is 1.38 bits per heavy atom. The number of aromatic nitrogens is 4. The second-order valence-corrected chi connectivity index (χ2v) is 7.12. The molecule has 2 N–H and O–H groups in total. The minimum absolute atomic E-state index is 0.0312. The molecule has 8 heteroatoms. The van der Waals surface area contributed by atoms with Gasteiger partial charge in [-0.15, -0.1) is 0 Å². The van der Waals surface area contributed by atoms with Gasteiger partial charge in [0.1, 0.15) is 0 Å². The molecule has 0 bridgehead atoms. The van der Waals surface area contributed by atoms with Gasteiger partial charge in [-0.2, -0.15) is 13.5 Å². The maximum Gasteiger partial charge on any atom is 0.281 e. The van der Waals surface area contributed by atoms with Gasteiger partial charge in [0.15, 0.2) is 5.03 Å². The molecule has 1 aliphatic carbocycles. The highest BCUT2D eigenvalue weighted by atomic mass is 32.2. The zero-order chi connectivity index (χ0) is 15.0. The number of hydrogen-bond acceptors (Lipinski definition) is 4. The number of rotatable bonds is 4. The lowest BCUT2D eigenvalue weighted by Crippen LogP contribution is -2.15. The number of aryl methyl sites for hydroxylation is 2. The van der Waals surface area contributed by atoms with Crippen molar-refractivity contribution in [3.05, 3.63) is 23.9 Å². The van der Waals surface area contributed by atoms with Crippen molar-refractivity contribution in [2.75, 3.05) is 4.72 Å². The number of sulfonamides is 1. The molecule has 1 aliphatic rings. The van der Waals surface area contributed by atoms with E-state index in [1.165, 1.54) is 19.2 Å². The van der Waals surface area contributed by atoms with Crippen molar-refractivity contribution in [2.24, 2.45) is 7.05 Å². The van der Waals surface area contributed by atoms with Crippen molar-refractivity contribution in [1.82, 2.24) is 19.7 Å². The summed E-state index contributed by atoms with van der Waals surface area (Å²) < 4.78 is 29.1. The number of nitrogens with zero attached hydrogens (tertiary/aromatic N) is 3. The highest BCUT2D eigenvalue weighted by Gasteiger charge is 2.27. The molecule has 2 aromatic rings. The molecule has 1 fully saturated rings. The third-order valence-corrected chi connectivity index (χ3v) is 5.29. The van der Waals surface area contributed by atoms with Crippen molar-refractivity contribution >= 4 is 15.7 Å². The molecule has 3 rings (SSSR count). The molecule has 0 amide bonds. The van der Waals surface area contributed by atoms with Crippen LogP contribution in [0.2, 0.25) is 0 Å². The maximum absolute atomic E-state index is 12.4. The quantitative estimate of drug-likeness (QED) is 0.902. The fraction of sp³-hybridized carbons (Fsp3) is 0.538. The van der Waals surface area contributed by atoms with E-state index in [9.17, 15) is 8.42 Å². The van der Waals surface area contributed by atoms with Gasteiger partial charge in [0, 0.05) is 19.2 Å². The molecule has 0 atom stereocenters. The van der Waals surface area contributed by atoms with Crippen molar-refractivity contribution in [1.29, 1.82) is 0 Å². The molecule has 1 saturated carbocycles. The second-order valence-electron chi connectivity index (χ2n) is 5.52. The SMILES string of the molecule is Cc1[nH]cnc1S(=O)(=O)Nc1cn(C)nc1C1CCCC1. The molecule has 2 aromatic heterocycles. The number of H-pyrrole nitrogens is 1. The number of imidazole rings is 1. The van der Waals surface area contributed by atoms with Gasteiger partial charge in [-0.25, -0.2) is 4.98 Å². The Labute approximate surface area is 123 Å². The van der Waals surface area contributed by atoms with Gasteiger partial charge in [0.2, 0.25) is 0 Å². The number of aromatic amines is 1. The van der Waals surface area contributed by atoms with Gasteiger partial charge in [-0.1, -0.05) is 12.8 Å². The van der Waals surface area contributed by atoms with Crippen molar-refractivity contribution in [3.63, 3.8) is 0 Å². The number of anilines is 1. The van der Waals surface area contributed by atoms with Crippen LogP contribution >= 0.6 is 0 Å². The van der Waals surface area contributed by atoms with Gasteiger partial charge >= 0.3 is 0 Å². The summed E-state index contributed by atoms with van der Waals surface area (Å²) >= 11 is 0. The van der Waals surface area contributed by atoms with Crippen LogP contribution in [0.1, 0.15) is 43.0 Å². The topological polar surface area (TPSA) is 92.7 Å². The molecular formula is C13H19N5O2S. The van der Waals surface area contributed by atoms with E-state index in [1.807, 2.05) is 0 Å². The average molecular weight is 309 g/mol. The van der Waals surface area contributed by atoms with E-state index in [4.69, 9.17) is 0 Å². The Hall–Kier alpha value is -1.83. The third-order valence-electron chi connectivity index (χ3n) is 3.88. The smallest absolute Gasteiger partial charge is 0.281 e. The number of hydrogen-bond donors (Lipinski definition) is 2. The summed E-state index contributed by atoms with van der Waals surface area (Å²) in [7, 11) is -1.88. The van der Waals surface area contributed by atoms with E-state index >= 15 is 0 Å². The molecular weight excluding hydrogens is 290 g/mol. The largest absolute Gasteiger partial charge is 0.348 e. The van der Waals surface area contributed by atoms with E-state index in [1.54, 1.807) is 24.9 Å². The van der Waals surface area contributed by atoms with Gasteiger partial charge in [-0.3, -0.25) is 9.40 Å². The average Bonchev–Trinajstić information content (AvgIpc) is 3.09. The van der Waals surface area contributed by atoms with E-state index < -0.39 is 10.0 Å². The Morgan fingerprint density at radius 3 is 2.71 bits per heavy atom. The van der Waals surface area contributed by atoms with Crippen molar-refractivity contribution < 1.29 is 8.42 Å². The summed E-state index contributed by atoms with van der Waals surface area (Å²) in [6.07, 6.45) is 7.57. The standard InChI is InChI=1S/C13H19N5O2S/c1-9-13(15-8-14-9)21(19,20)17-11-7-18(2)16-12(11)10-5-3-4-6-10/h7-8,10,17H,3-6H2,1-2H3,(H,14,15). The van der Waals surface area contributed by atoms with E-state index in [2.05, 4.69) is 19.8 Å². The first-order chi connectivity index (χ1) is 9.97. The Balaban J connectivity index is 1.93. The molecule has 21 heavy (non-hydrogen) atoms. The lowest BCUT2D eigenvalue weighted by molar-refractivity contribution is 0.597. The van der Waals surface area contributed by atoms with Gasteiger partial charge in [0.05, 0.1) is 23.4 Å². The molecule has 2 heterocycles. The summed E-state index contributed by atoms with van der Waals surface area (Å²) in [6, 6.07) is 0. The lowest BCUT2D eigenvalue weighted by Gasteiger charge is -2.10. The highest BCUT2D eigenvalue weighted by molar-refractivity contribution is 7.92. The first kappa shape index (κ1) is 14.1. The van der Waals surface area contributed by atoms with Crippen LogP contribution in [0, 0.1) is 6.92 Å². The van der Waals surface area contributed by atoms with Crippen LogP contribution in [-0.4, -0.2) is 28.2 Å². The number of nitrogens with one attached hydrogen (secondary N) is 2. The van der Waals surface area contributed by atoms with Crippen LogP contribution in [0.4, 0.5) is 5.69 Å². The van der Waals surface area contributed by atoms with Crippen LogP contribution in [0.25, 0.3) is 0 Å². The van der Waals surface area contributed by atoms with E-state index in [0.29, 0.717) is 17.3 Å². The predicted molar refractivity (Wildman–Crippen MR) is 78.6 cm³/mol. The second kappa shape index (κ2) is 5.18. The Kier molecular flexibility index (Phi) is 3.48. The Bertz CT molecular complexity index is 740. The molecule has 0 aromatic carbocycles. The van der Waals surface area contributed by atoms with Gasteiger partial charge < -0.3 is 4.98 Å². The van der Waals surface area contributed by atoms with Crippen LogP contribution < -0.4 is 4.72 Å². The van der Waals surface area contributed by atoms with Crippen LogP contribution in [0.3, 0.4) is 0 Å². The van der Waals surface area contributed by atoms with E-state index in [-0.39, 0.29) is 5.03 Å². The molecule has 7 nitrogen and oxygen atoms in total. The minimum Gasteiger partial charge on any atom is -0.348 e. The maximum atomic E-state index is 12.4. The summed E-state index contributed by atoms with van der Waals surface area (Å²) in [5, 5.41) is 4.47. The lowest BCUT2D eigenvalue weighted by atomic mass is 10.0. The van der Waals surface area contributed by atoms with E-state index in [0.717, 1.165) is 18.5 Å². The molecule has 0 spiro atoms. The zero-order valence-electron chi connectivity index (χ0n) is 12.1. The van der Waals surface area contributed by atoms with Crippen molar-refractivity contribution in [2.45, 2.75) is 43.6 Å². The summed E-state index contributed by atoms with van der Waals surface area (Å²) in [5.74, 6) is 0.337. The molecule has 0 saturated heterocycles. The fourth-order valence-corrected chi connectivity index (χ4v) is 4.09. The molecule has 114 valence electrons. The first-order valence-electron chi connectivity index (χ1n) is 7.03. The molecule has 0 unspecified atom stereocenters. The third kappa shape index (κ3) is 2.67. The monoisotopic (exact) mass is 309 g/mol. The van der Waals surface area contributed by atoms with Gasteiger partial charge in [0.25, 0.3) is 10.0 Å². The summed E-state index contributed by atoms with van der Waals surface area (Å²) in [6.45, 7) is 1.68. The normalized spacial score (nSPS) is 16.5. The Morgan fingerprint density at radius 2 is 2.10 bits per heavy atom. The zero-order valence-corrected chi connectivity index (χ0v) is 12.9. The molecule has 0 radical (unpaired) electrons. The van der Waals surface area contributed by atoms with Crippen LogP contribution in [-0.2, 0) is 17.1 Å². The van der Waals surface area contributed by atoms with Gasteiger partial charge in [-0.05, 0) is 19.8 Å². The highest BCUT2D eigenvalue weighted by Crippen LogP contribution is 2.37. The first-order valence-corrected chi connectivity index (χ1v) is 8.52. The summed E-state index contributed by atoms with van der Waals surface area (Å²) in [4.78, 5) is 6.67. The van der Waals surface area contributed by atoms with Crippen LogP contribution in [0.5, 0.6) is 0 Å². The fourth-order valence-electron chi connectivity index (χ4n) is 2.90. The molecule has 0 aliphatic heterocycles.